The Bertz CT molecular complexity index is 790. The van der Waals surface area contributed by atoms with E-state index in [2.05, 4.69) is 16.0 Å². The first-order valence-electron chi connectivity index (χ1n) is 10.3. The Morgan fingerprint density at radius 2 is 1.61 bits per heavy atom. The Morgan fingerprint density at radius 1 is 0.893 bits per heavy atom. The van der Waals surface area contributed by atoms with Crippen LogP contribution in [0.25, 0.3) is 10.2 Å². The molecule has 0 aliphatic carbocycles. The Balaban J connectivity index is 1.21. The molecule has 0 spiro atoms. The maximum absolute atomic E-state index is 12.6. The lowest BCUT2D eigenvalue weighted by Gasteiger charge is -2.36. The predicted molar refractivity (Wildman–Crippen MR) is 111 cm³/mol. The fraction of sp³-hybridized carbons (Fsp3) is 0.571. The second-order valence-electron chi connectivity index (χ2n) is 7.67. The first-order chi connectivity index (χ1) is 13.7. The number of aromatic nitrogens is 1. The largest absolute Gasteiger partial charge is 0.342 e. The molecule has 0 N–H and O–H groups in total. The number of nitrogens with zero attached hydrogens (tertiary/aromatic N) is 4. The van der Waals surface area contributed by atoms with E-state index in [9.17, 15) is 9.59 Å². The average Bonchev–Trinajstić information content (AvgIpc) is 3.16. The van der Waals surface area contributed by atoms with Crippen molar-refractivity contribution in [3.63, 3.8) is 0 Å². The van der Waals surface area contributed by atoms with Crippen molar-refractivity contribution in [2.45, 2.75) is 32.1 Å². The van der Waals surface area contributed by atoms with Gasteiger partial charge in [-0.3, -0.25) is 14.5 Å². The molecular formula is C21H28N4O2S. The van der Waals surface area contributed by atoms with Crippen LogP contribution < -0.4 is 0 Å². The highest BCUT2D eigenvalue weighted by atomic mass is 32.1. The lowest BCUT2D eigenvalue weighted by atomic mass is 10.1. The molecule has 6 nitrogen and oxygen atoms in total. The molecule has 0 radical (unpaired) electrons. The molecule has 3 heterocycles. The molecular weight excluding hydrogens is 372 g/mol. The number of carbonyl (C=O) groups is 2. The van der Waals surface area contributed by atoms with Crippen LogP contribution in [-0.2, 0) is 16.0 Å². The number of amides is 2. The number of hydrogen-bond acceptors (Lipinski definition) is 5. The molecule has 150 valence electrons. The van der Waals surface area contributed by atoms with Crippen molar-refractivity contribution in [1.82, 2.24) is 19.7 Å². The van der Waals surface area contributed by atoms with Gasteiger partial charge in [-0.25, -0.2) is 4.98 Å². The fourth-order valence-electron chi connectivity index (χ4n) is 3.99. The summed E-state index contributed by atoms with van der Waals surface area (Å²) in [4.78, 5) is 35.7. The highest BCUT2D eigenvalue weighted by Crippen LogP contribution is 2.22. The highest BCUT2D eigenvalue weighted by molar-refractivity contribution is 7.18. The number of benzene rings is 1. The molecule has 2 aromatic rings. The van der Waals surface area contributed by atoms with E-state index in [-0.39, 0.29) is 11.8 Å². The summed E-state index contributed by atoms with van der Waals surface area (Å²) < 4.78 is 1.18. The summed E-state index contributed by atoms with van der Waals surface area (Å²) in [6, 6.07) is 8.10. The lowest BCUT2D eigenvalue weighted by Crippen LogP contribution is -2.52. The summed E-state index contributed by atoms with van der Waals surface area (Å²) >= 11 is 1.67. The van der Waals surface area contributed by atoms with Crippen LogP contribution in [0.5, 0.6) is 0 Å². The molecule has 0 atom stereocenters. The Kier molecular flexibility index (Phi) is 6.22. The van der Waals surface area contributed by atoms with Gasteiger partial charge >= 0.3 is 0 Å². The topological polar surface area (TPSA) is 56.8 Å². The highest BCUT2D eigenvalue weighted by Gasteiger charge is 2.24. The van der Waals surface area contributed by atoms with Crippen LogP contribution in [0.15, 0.2) is 24.3 Å². The van der Waals surface area contributed by atoms with E-state index in [0.717, 1.165) is 49.5 Å². The molecule has 2 aliphatic heterocycles. The predicted octanol–water partition coefficient (Wildman–Crippen LogP) is 2.39. The number of carbonyl (C=O) groups excluding carboxylic acids is 2. The maximum Gasteiger partial charge on any atom is 0.236 e. The van der Waals surface area contributed by atoms with Gasteiger partial charge in [0.25, 0.3) is 0 Å². The normalized spacial score (nSPS) is 18.6. The van der Waals surface area contributed by atoms with Crippen molar-refractivity contribution in [2.24, 2.45) is 0 Å². The first-order valence-corrected chi connectivity index (χ1v) is 11.1. The summed E-state index contributed by atoms with van der Waals surface area (Å²) in [5, 5.41) is 1.03. The lowest BCUT2D eigenvalue weighted by molar-refractivity contribution is -0.135. The van der Waals surface area contributed by atoms with Crippen LogP contribution in [0, 0.1) is 0 Å². The van der Waals surface area contributed by atoms with Gasteiger partial charge in [0.15, 0.2) is 0 Å². The van der Waals surface area contributed by atoms with Gasteiger partial charge in [-0.2, -0.15) is 0 Å². The van der Waals surface area contributed by atoms with Crippen molar-refractivity contribution in [3.8, 4) is 0 Å². The third kappa shape index (κ3) is 4.70. The van der Waals surface area contributed by atoms with Gasteiger partial charge in [-0.15, -0.1) is 11.3 Å². The van der Waals surface area contributed by atoms with E-state index in [1.165, 1.54) is 11.1 Å². The van der Waals surface area contributed by atoms with Gasteiger partial charge in [0, 0.05) is 52.1 Å². The Labute approximate surface area is 170 Å². The van der Waals surface area contributed by atoms with Crippen LogP contribution in [0.1, 0.15) is 30.7 Å². The number of thiazole rings is 1. The van der Waals surface area contributed by atoms with Gasteiger partial charge < -0.3 is 9.80 Å². The Morgan fingerprint density at radius 3 is 2.36 bits per heavy atom. The minimum atomic E-state index is 0.196. The summed E-state index contributed by atoms with van der Waals surface area (Å²) in [6.45, 7) is 5.30. The summed E-state index contributed by atoms with van der Waals surface area (Å²) in [5.41, 5.74) is 1.02. The van der Waals surface area contributed by atoms with Gasteiger partial charge in [0.05, 0.1) is 21.8 Å². The van der Waals surface area contributed by atoms with Crippen molar-refractivity contribution in [3.05, 3.63) is 29.3 Å². The van der Waals surface area contributed by atoms with Gasteiger partial charge in [-0.05, 0) is 31.4 Å². The molecule has 28 heavy (non-hydrogen) atoms. The number of para-hydroxylation sites is 1. The average molecular weight is 401 g/mol. The molecule has 4 rings (SSSR count). The number of fused-ring (bicyclic) bond motifs is 1. The van der Waals surface area contributed by atoms with Crippen molar-refractivity contribution in [1.29, 1.82) is 0 Å². The monoisotopic (exact) mass is 400 g/mol. The second kappa shape index (κ2) is 9.01. The number of piperidine rings is 1. The van der Waals surface area contributed by atoms with Crippen molar-refractivity contribution >= 4 is 33.4 Å². The van der Waals surface area contributed by atoms with Crippen LogP contribution >= 0.6 is 11.3 Å². The summed E-state index contributed by atoms with van der Waals surface area (Å²) in [6.07, 6.45) is 4.70. The van der Waals surface area contributed by atoms with E-state index in [1.54, 1.807) is 11.3 Å². The molecule has 1 aromatic carbocycles. The molecule has 2 amide bonds. The molecule has 1 aromatic heterocycles. The molecule has 0 saturated carbocycles. The molecule has 0 bridgehead atoms. The van der Waals surface area contributed by atoms with E-state index < -0.39 is 0 Å². The SMILES string of the molecule is O=C(CCc1nc2ccccc2s1)N1CCN(CC(=O)N2CCCCC2)CC1. The van der Waals surface area contributed by atoms with E-state index in [4.69, 9.17) is 0 Å². The molecule has 7 heteroatoms. The third-order valence-electron chi connectivity index (χ3n) is 5.68. The number of likely N-dealkylation sites (tertiary alicyclic amines) is 1. The molecule has 2 saturated heterocycles. The minimum absolute atomic E-state index is 0.196. The zero-order valence-electron chi connectivity index (χ0n) is 16.3. The molecule has 0 unspecified atom stereocenters. The van der Waals surface area contributed by atoms with E-state index in [1.807, 2.05) is 28.0 Å². The first kappa shape index (κ1) is 19.3. The third-order valence-corrected chi connectivity index (χ3v) is 6.78. The van der Waals surface area contributed by atoms with Gasteiger partial charge in [0.2, 0.25) is 11.8 Å². The maximum atomic E-state index is 12.6. The number of piperazine rings is 1. The number of aryl methyl sites for hydroxylation is 1. The summed E-state index contributed by atoms with van der Waals surface area (Å²) in [7, 11) is 0. The number of hydrogen-bond donors (Lipinski definition) is 0. The zero-order chi connectivity index (χ0) is 19.3. The van der Waals surface area contributed by atoms with Crippen LogP contribution in [0.3, 0.4) is 0 Å². The van der Waals surface area contributed by atoms with Crippen molar-refractivity contribution < 1.29 is 9.59 Å². The van der Waals surface area contributed by atoms with E-state index in [0.29, 0.717) is 32.5 Å². The zero-order valence-corrected chi connectivity index (χ0v) is 17.1. The number of rotatable bonds is 5. The second-order valence-corrected chi connectivity index (χ2v) is 8.79. The minimum Gasteiger partial charge on any atom is -0.342 e. The van der Waals surface area contributed by atoms with Crippen LogP contribution in [0.2, 0.25) is 0 Å². The fourth-order valence-corrected chi connectivity index (χ4v) is 4.96. The molecule has 2 aliphatic rings. The smallest absolute Gasteiger partial charge is 0.236 e. The van der Waals surface area contributed by atoms with Crippen molar-refractivity contribution in [2.75, 3.05) is 45.8 Å². The quantitative estimate of drug-likeness (QED) is 0.773. The van der Waals surface area contributed by atoms with Crippen LogP contribution in [0.4, 0.5) is 0 Å². The van der Waals surface area contributed by atoms with Gasteiger partial charge in [-0.1, -0.05) is 12.1 Å². The standard InChI is InChI=1S/C21H28N4O2S/c26-20(9-8-19-22-17-6-2-3-7-18(17)28-19)25-14-12-23(13-15-25)16-21(27)24-10-4-1-5-11-24/h2-3,6-7H,1,4-5,8-16H2. The summed E-state index contributed by atoms with van der Waals surface area (Å²) in [5.74, 6) is 0.441. The molecule has 2 fully saturated rings. The van der Waals surface area contributed by atoms with Gasteiger partial charge in [0.1, 0.15) is 0 Å². The van der Waals surface area contributed by atoms with E-state index >= 15 is 0 Å². The van der Waals surface area contributed by atoms with Crippen LogP contribution in [-0.4, -0.2) is 77.3 Å². The Hall–Kier alpha value is -1.99.